The second-order valence-corrected chi connectivity index (χ2v) is 5.16. The Morgan fingerprint density at radius 3 is 2.58 bits per heavy atom. The molecule has 0 bridgehead atoms. The standard InChI is InChI=1S/C14H25N5/c1-3-15-13-10-14(18-11-17-13)16-8-9-19(2)12-6-4-5-7-12/h10-12H,3-9H2,1-2H3,(H2,15,16,17,18). The summed E-state index contributed by atoms with van der Waals surface area (Å²) >= 11 is 0. The fourth-order valence-electron chi connectivity index (χ4n) is 2.62. The summed E-state index contributed by atoms with van der Waals surface area (Å²) < 4.78 is 0. The molecule has 0 aromatic carbocycles. The maximum Gasteiger partial charge on any atom is 0.131 e. The lowest BCUT2D eigenvalue weighted by Crippen LogP contribution is -2.33. The largest absolute Gasteiger partial charge is 0.370 e. The summed E-state index contributed by atoms with van der Waals surface area (Å²) in [6.07, 6.45) is 7.09. The molecule has 1 aromatic rings. The predicted molar refractivity (Wildman–Crippen MR) is 79.6 cm³/mol. The highest BCUT2D eigenvalue weighted by Gasteiger charge is 2.18. The van der Waals surface area contributed by atoms with E-state index in [2.05, 4.69) is 39.5 Å². The van der Waals surface area contributed by atoms with Gasteiger partial charge >= 0.3 is 0 Å². The summed E-state index contributed by atoms with van der Waals surface area (Å²) in [6.45, 7) is 4.92. The number of hydrogen-bond donors (Lipinski definition) is 2. The molecule has 106 valence electrons. The van der Waals surface area contributed by atoms with Crippen molar-refractivity contribution in [2.75, 3.05) is 37.3 Å². The quantitative estimate of drug-likeness (QED) is 0.790. The third kappa shape index (κ3) is 4.35. The van der Waals surface area contributed by atoms with Gasteiger partial charge in [0.1, 0.15) is 18.0 Å². The van der Waals surface area contributed by atoms with E-state index in [0.29, 0.717) is 0 Å². The number of likely N-dealkylation sites (N-methyl/N-ethyl adjacent to an activating group) is 1. The van der Waals surface area contributed by atoms with Gasteiger partial charge < -0.3 is 15.5 Å². The van der Waals surface area contributed by atoms with Crippen molar-refractivity contribution in [1.29, 1.82) is 0 Å². The van der Waals surface area contributed by atoms with Gasteiger partial charge in [-0.3, -0.25) is 0 Å². The zero-order valence-corrected chi connectivity index (χ0v) is 12.0. The van der Waals surface area contributed by atoms with Crippen LogP contribution < -0.4 is 10.6 Å². The minimum absolute atomic E-state index is 0.782. The van der Waals surface area contributed by atoms with Gasteiger partial charge in [0.2, 0.25) is 0 Å². The van der Waals surface area contributed by atoms with Crippen molar-refractivity contribution in [3.63, 3.8) is 0 Å². The number of nitrogens with zero attached hydrogens (tertiary/aromatic N) is 3. The van der Waals surface area contributed by atoms with Gasteiger partial charge in [0.05, 0.1) is 0 Å². The van der Waals surface area contributed by atoms with Crippen LogP contribution in [0, 0.1) is 0 Å². The Morgan fingerprint density at radius 2 is 1.89 bits per heavy atom. The molecule has 1 aliphatic rings. The first-order chi connectivity index (χ1) is 9.29. The molecule has 19 heavy (non-hydrogen) atoms. The summed E-state index contributed by atoms with van der Waals surface area (Å²) in [7, 11) is 2.22. The molecule has 0 aliphatic heterocycles. The fourth-order valence-corrected chi connectivity index (χ4v) is 2.62. The van der Waals surface area contributed by atoms with E-state index in [4.69, 9.17) is 0 Å². The monoisotopic (exact) mass is 263 g/mol. The number of aromatic nitrogens is 2. The predicted octanol–water partition coefficient (Wildman–Crippen LogP) is 2.19. The van der Waals surface area contributed by atoms with Crippen molar-refractivity contribution >= 4 is 11.6 Å². The molecule has 0 unspecified atom stereocenters. The third-order valence-electron chi connectivity index (χ3n) is 3.74. The average molecular weight is 263 g/mol. The summed E-state index contributed by atoms with van der Waals surface area (Å²) in [4.78, 5) is 10.9. The summed E-state index contributed by atoms with van der Waals surface area (Å²) in [6, 6.07) is 2.74. The van der Waals surface area contributed by atoms with Crippen molar-refractivity contribution in [3.8, 4) is 0 Å². The highest BCUT2D eigenvalue weighted by molar-refractivity contribution is 5.46. The topological polar surface area (TPSA) is 53.1 Å². The second kappa shape index (κ2) is 7.28. The van der Waals surface area contributed by atoms with Gasteiger partial charge in [-0.1, -0.05) is 12.8 Å². The minimum Gasteiger partial charge on any atom is -0.370 e. The Balaban J connectivity index is 1.73. The molecule has 0 spiro atoms. The Kier molecular flexibility index (Phi) is 5.39. The Hall–Kier alpha value is -1.36. The maximum atomic E-state index is 4.24. The lowest BCUT2D eigenvalue weighted by molar-refractivity contribution is 0.254. The number of rotatable bonds is 7. The van der Waals surface area contributed by atoms with E-state index < -0.39 is 0 Å². The molecular weight excluding hydrogens is 238 g/mol. The van der Waals surface area contributed by atoms with Gasteiger partial charge in [0.25, 0.3) is 0 Å². The molecule has 0 amide bonds. The zero-order valence-electron chi connectivity index (χ0n) is 12.0. The van der Waals surface area contributed by atoms with Crippen LogP contribution in [0.5, 0.6) is 0 Å². The van der Waals surface area contributed by atoms with Crippen LogP contribution in [-0.4, -0.2) is 47.6 Å². The van der Waals surface area contributed by atoms with Crippen molar-refractivity contribution in [2.24, 2.45) is 0 Å². The SMILES string of the molecule is CCNc1cc(NCCN(C)C2CCCC2)ncn1. The summed E-state index contributed by atoms with van der Waals surface area (Å²) in [5.41, 5.74) is 0. The highest BCUT2D eigenvalue weighted by atomic mass is 15.2. The normalized spacial score (nSPS) is 15.9. The van der Waals surface area contributed by atoms with Crippen LogP contribution in [0.2, 0.25) is 0 Å². The van der Waals surface area contributed by atoms with Crippen molar-refractivity contribution in [3.05, 3.63) is 12.4 Å². The Bertz CT molecular complexity index is 376. The first-order valence-corrected chi connectivity index (χ1v) is 7.29. The van der Waals surface area contributed by atoms with Crippen molar-refractivity contribution in [2.45, 2.75) is 38.6 Å². The van der Waals surface area contributed by atoms with E-state index in [-0.39, 0.29) is 0 Å². The molecule has 5 nitrogen and oxygen atoms in total. The van der Waals surface area contributed by atoms with Crippen LogP contribution >= 0.6 is 0 Å². The lowest BCUT2D eigenvalue weighted by Gasteiger charge is -2.24. The molecule has 0 saturated heterocycles. The molecule has 5 heteroatoms. The lowest BCUT2D eigenvalue weighted by atomic mass is 10.2. The van der Waals surface area contributed by atoms with Gasteiger partial charge in [-0.25, -0.2) is 9.97 Å². The van der Waals surface area contributed by atoms with Crippen LogP contribution in [0.25, 0.3) is 0 Å². The van der Waals surface area contributed by atoms with E-state index in [9.17, 15) is 0 Å². The summed E-state index contributed by atoms with van der Waals surface area (Å²) in [5, 5.41) is 6.56. The molecular formula is C14H25N5. The fraction of sp³-hybridized carbons (Fsp3) is 0.714. The van der Waals surface area contributed by atoms with Gasteiger partial charge in [-0.2, -0.15) is 0 Å². The van der Waals surface area contributed by atoms with Crippen LogP contribution in [0.3, 0.4) is 0 Å². The number of nitrogens with one attached hydrogen (secondary N) is 2. The van der Waals surface area contributed by atoms with E-state index >= 15 is 0 Å². The smallest absolute Gasteiger partial charge is 0.131 e. The van der Waals surface area contributed by atoms with Gasteiger partial charge in [-0.05, 0) is 26.8 Å². The van der Waals surface area contributed by atoms with Crippen LogP contribution in [-0.2, 0) is 0 Å². The number of anilines is 2. The average Bonchev–Trinajstić information content (AvgIpc) is 2.93. The first-order valence-electron chi connectivity index (χ1n) is 7.29. The van der Waals surface area contributed by atoms with Crippen molar-refractivity contribution in [1.82, 2.24) is 14.9 Å². The van der Waals surface area contributed by atoms with Crippen LogP contribution in [0.4, 0.5) is 11.6 Å². The molecule has 1 aromatic heterocycles. The Morgan fingerprint density at radius 1 is 1.21 bits per heavy atom. The maximum absolute atomic E-state index is 4.24. The van der Waals surface area contributed by atoms with Gasteiger partial charge in [-0.15, -0.1) is 0 Å². The molecule has 1 aliphatic carbocycles. The molecule has 1 saturated carbocycles. The number of hydrogen-bond acceptors (Lipinski definition) is 5. The van der Waals surface area contributed by atoms with Crippen molar-refractivity contribution < 1.29 is 0 Å². The first kappa shape index (κ1) is 14.1. The third-order valence-corrected chi connectivity index (χ3v) is 3.74. The summed E-state index contributed by atoms with van der Waals surface area (Å²) in [5.74, 6) is 1.77. The molecule has 1 heterocycles. The minimum atomic E-state index is 0.782. The molecule has 1 fully saturated rings. The van der Waals surface area contributed by atoms with E-state index in [0.717, 1.165) is 37.3 Å². The van der Waals surface area contributed by atoms with E-state index in [1.54, 1.807) is 6.33 Å². The van der Waals surface area contributed by atoms with Crippen LogP contribution in [0.15, 0.2) is 12.4 Å². The van der Waals surface area contributed by atoms with Crippen LogP contribution in [0.1, 0.15) is 32.6 Å². The zero-order chi connectivity index (χ0) is 13.5. The van der Waals surface area contributed by atoms with E-state index in [1.165, 1.54) is 25.7 Å². The Labute approximate surface area is 115 Å². The van der Waals surface area contributed by atoms with Gasteiger partial charge in [0.15, 0.2) is 0 Å². The molecule has 0 radical (unpaired) electrons. The van der Waals surface area contributed by atoms with E-state index in [1.807, 2.05) is 6.07 Å². The highest BCUT2D eigenvalue weighted by Crippen LogP contribution is 2.21. The molecule has 0 atom stereocenters. The molecule has 2 rings (SSSR count). The van der Waals surface area contributed by atoms with Gasteiger partial charge in [0, 0.05) is 31.7 Å². The second-order valence-electron chi connectivity index (χ2n) is 5.16. The molecule has 2 N–H and O–H groups in total.